The molecule has 0 aromatic heterocycles. The number of nitrogens with one attached hydrogen (secondary N) is 1. The Morgan fingerprint density at radius 1 is 1.14 bits per heavy atom. The van der Waals surface area contributed by atoms with Crippen LogP contribution in [-0.2, 0) is 0 Å². The van der Waals surface area contributed by atoms with Crippen LogP contribution >= 0.6 is 23.2 Å². The Bertz CT molecular complexity index is 482. The van der Waals surface area contributed by atoms with Crippen LogP contribution in [0, 0.1) is 5.92 Å². The highest BCUT2D eigenvalue weighted by molar-refractivity contribution is 6.42. The molecule has 1 aromatic rings. The quantitative estimate of drug-likeness (QED) is 0.855. The molecule has 2 nitrogen and oxygen atoms in total. The third-order valence-electron chi connectivity index (χ3n) is 4.87. The first kappa shape index (κ1) is 15.6. The number of nitrogens with zero attached hydrogens (tertiary/aromatic N) is 1. The van der Waals surface area contributed by atoms with Gasteiger partial charge in [-0.3, -0.25) is 4.90 Å². The van der Waals surface area contributed by atoms with E-state index >= 15 is 0 Å². The molecule has 1 aromatic carbocycles. The highest BCUT2D eigenvalue weighted by atomic mass is 35.5. The van der Waals surface area contributed by atoms with Crippen molar-refractivity contribution in [1.29, 1.82) is 0 Å². The second kappa shape index (κ2) is 6.87. The van der Waals surface area contributed by atoms with Crippen molar-refractivity contribution in [3.05, 3.63) is 33.8 Å². The van der Waals surface area contributed by atoms with Crippen molar-refractivity contribution in [2.24, 2.45) is 5.92 Å². The lowest BCUT2D eigenvalue weighted by Crippen LogP contribution is -2.38. The van der Waals surface area contributed by atoms with Gasteiger partial charge in [0, 0.05) is 18.6 Å². The van der Waals surface area contributed by atoms with E-state index in [1.165, 1.54) is 50.9 Å². The highest BCUT2D eigenvalue weighted by Crippen LogP contribution is 2.37. The summed E-state index contributed by atoms with van der Waals surface area (Å²) in [6.07, 6.45) is 5.29. The second-order valence-electron chi connectivity index (χ2n) is 6.47. The topological polar surface area (TPSA) is 15.3 Å². The molecular formula is C17H24Cl2N2. The molecule has 1 saturated carbocycles. The average Bonchev–Trinajstić information content (AvgIpc) is 3.33. The van der Waals surface area contributed by atoms with Gasteiger partial charge in [0.15, 0.2) is 0 Å². The number of halogens is 2. The number of hydrogen-bond donors (Lipinski definition) is 1. The summed E-state index contributed by atoms with van der Waals surface area (Å²) in [6.45, 7) is 5.86. The number of benzene rings is 1. The number of rotatable bonds is 5. The van der Waals surface area contributed by atoms with Crippen molar-refractivity contribution >= 4 is 23.2 Å². The molecule has 0 radical (unpaired) electrons. The molecule has 21 heavy (non-hydrogen) atoms. The second-order valence-corrected chi connectivity index (χ2v) is 7.29. The minimum Gasteiger partial charge on any atom is -0.317 e. The van der Waals surface area contributed by atoms with Crippen molar-refractivity contribution in [3.8, 4) is 0 Å². The van der Waals surface area contributed by atoms with Crippen LogP contribution < -0.4 is 5.32 Å². The van der Waals surface area contributed by atoms with Gasteiger partial charge in [0.25, 0.3) is 0 Å². The minimum atomic E-state index is 0.419. The van der Waals surface area contributed by atoms with Crippen molar-refractivity contribution in [2.45, 2.75) is 44.7 Å². The Morgan fingerprint density at radius 2 is 1.86 bits per heavy atom. The largest absolute Gasteiger partial charge is 0.317 e. The number of piperidine rings is 1. The predicted octanol–water partition coefficient (Wildman–Crippen LogP) is 4.52. The van der Waals surface area contributed by atoms with Crippen molar-refractivity contribution in [3.63, 3.8) is 0 Å². The third-order valence-corrected chi connectivity index (χ3v) is 5.61. The van der Waals surface area contributed by atoms with Crippen molar-refractivity contribution < 1.29 is 0 Å². The molecule has 3 rings (SSSR count). The van der Waals surface area contributed by atoms with E-state index in [2.05, 4.69) is 23.2 Å². The zero-order valence-electron chi connectivity index (χ0n) is 12.6. The molecule has 2 aliphatic rings. The highest BCUT2D eigenvalue weighted by Gasteiger charge is 2.34. The molecule has 1 aliphatic heterocycles. The fraction of sp³-hybridized carbons (Fsp3) is 0.647. The van der Waals surface area contributed by atoms with Crippen LogP contribution in [0.4, 0.5) is 0 Å². The first-order valence-corrected chi connectivity index (χ1v) is 8.82. The lowest BCUT2D eigenvalue weighted by Gasteiger charge is -2.34. The van der Waals surface area contributed by atoms with E-state index in [1.807, 2.05) is 12.1 Å². The molecule has 0 amide bonds. The summed E-state index contributed by atoms with van der Waals surface area (Å²) in [6, 6.07) is 7.26. The van der Waals surface area contributed by atoms with Gasteiger partial charge in [0.1, 0.15) is 0 Å². The number of hydrogen-bond acceptors (Lipinski definition) is 2. The van der Waals surface area contributed by atoms with Gasteiger partial charge in [-0.15, -0.1) is 0 Å². The van der Waals surface area contributed by atoms with Gasteiger partial charge in [-0.2, -0.15) is 0 Å². The SMILES string of the molecule is CC(c1ccc(Cl)c(Cl)c1)N(CC1CCNCC1)C1CC1. The molecular weight excluding hydrogens is 303 g/mol. The van der Waals surface area contributed by atoms with Gasteiger partial charge in [-0.1, -0.05) is 29.3 Å². The van der Waals surface area contributed by atoms with Gasteiger partial charge in [0.2, 0.25) is 0 Å². The van der Waals surface area contributed by atoms with Crippen LogP contribution in [0.15, 0.2) is 18.2 Å². The molecule has 2 fully saturated rings. The van der Waals surface area contributed by atoms with E-state index in [9.17, 15) is 0 Å². The van der Waals surface area contributed by atoms with Crippen LogP contribution in [0.25, 0.3) is 0 Å². The molecule has 1 saturated heterocycles. The Hall–Kier alpha value is -0.280. The van der Waals surface area contributed by atoms with Gasteiger partial charge >= 0.3 is 0 Å². The molecule has 1 N–H and O–H groups in total. The Labute approximate surface area is 137 Å². The van der Waals surface area contributed by atoms with E-state index in [0.717, 1.165) is 12.0 Å². The van der Waals surface area contributed by atoms with E-state index in [-0.39, 0.29) is 0 Å². The summed E-state index contributed by atoms with van der Waals surface area (Å²) in [5.41, 5.74) is 1.28. The summed E-state index contributed by atoms with van der Waals surface area (Å²) in [4.78, 5) is 2.69. The summed E-state index contributed by atoms with van der Waals surface area (Å²) >= 11 is 12.2. The molecule has 0 bridgehead atoms. The fourth-order valence-electron chi connectivity index (χ4n) is 3.36. The van der Waals surface area contributed by atoms with Gasteiger partial charge in [-0.05, 0) is 69.3 Å². The zero-order chi connectivity index (χ0) is 14.8. The first-order valence-electron chi connectivity index (χ1n) is 8.06. The Balaban J connectivity index is 1.71. The van der Waals surface area contributed by atoms with Gasteiger partial charge < -0.3 is 5.32 Å². The third kappa shape index (κ3) is 3.92. The minimum absolute atomic E-state index is 0.419. The smallest absolute Gasteiger partial charge is 0.0595 e. The van der Waals surface area contributed by atoms with Crippen LogP contribution in [-0.4, -0.2) is 30.6 Å². The van der Waals surface area contributed by atoms with Crippen LogP contribution in [0.2, 0.25) is 10.0 Å². The maximum absolute atomic E-state index is 6.19. The average molecular weight is 327 g/mol. The molecule has 4 heteroatoms. The predicted molar refractivity (Wildman–Crippen MR) is 90.2 cm³/mol. The molecule has 1 unspecified atom stereocenters. The summed E-state index contributed by atoms with van der Waals surface area (Å²) in [5.74, 6) is 0.831. The lowest BCUT2D eigenvalue weighted by molar-refractivity contribution is 0.152. The van der Waals surface area contributed by atoms with Crippen LogP contribution in [0.5, 0.6) is 0 Å². The van der Waals surface area contributed by atoms with Crippen LogP contribution in [0.3, 0.4) is 0 Å². The zero-order valence-corrected chi connectivity index (χ0v) is 14.1. The van der Waals surface area contributed by atoms with Crippen molar-refractivity contribution in [1.82, 2.24) is 10.2 Å². The lowest BCUT2D eigenvalue weighted by atomic mass is 9.96. The molecule has 116 valence electrons. The van der Waals surface area contributed by atoms with Gasteiger partial charge in [-0.25, -0.2) is 0 Å². The van der Waals surface area contributed by atoms with Crippen LogP contribution in [0.1, 0.15) is 44.2 Å². The summed E-state index contributed by atoms with van der Waals surface area (Å²) < 4.78 is 0. The Kier molecular flexibility index (Phi) is 5.11. The van der Waals surface area contributed by atoms with E-state index in [4.69, 9.17) is 23.2 Å². The first-order chi connectivity index (χ1) is 10.1. The molecule has 1 aliphatic carbocycles. The van der Waals surface area contributed by atoms with Gasteiger partial charge in [0.05, 0.1) is 10.0 Å². The van der Waals surface area contributed by atoms with E-state index in [0.29, 0.717) is 16.1 Å². The molecule has 1 heterocycles. The fourth-order valence-corrected chi connectivity index (χ4v) is 3.66. The summed E-state index contributed by atoms with van der Waals surface area (Å²) in [7, 11) is 0. The van der Waals surface area contributed by atoms with Crippen molar-refractivity contribution in [2.75, 3.05) is 19.6 Å². The monoisotopic (exact) mass is 326 g/mol. The molecule has 0 spiro atoms. The molecule has 1 atom stereocenters. The maximum atomic E-state index is 6.19. The summed E-state index contributed by atoms with van der Waals surface area (Å²) in [5, 5.41) is 4.76. The van der Waals surface area contributed by atoms with E-state index < -0.39 is 0 Å². The maximum Gasteiger partial charge on any atom is 0.0595 e. The van der Waals surface area contributed by atoms with E-state index in [1.54, 1.807) is 0 Å². The Morgan fingerprint density at radius 3 is 2.48 bits per heavy atom. The normalized spacial score (nSPS) is 21.7. The standard InChI is InChI=1S/C17H24Cl2N2/c1-12(14-2-5-16(18)17(19)10-14)21(15-3-4-15)11-13-6-8-20-9-7-13/h2,5,10,12-13,15,20H,3-4,6-9,11H2,1H3.